The number of halogens is 2. The van der Waals surface area contributed by atoms with Gasteiger partial charge in [-0.25, -0.2) is 0 Å². The number of carbonyl (C=O) groups is 1. The van der Waals surface area contributed by atoms with Crippen LogP contribution in [0.15, 0.2) is 42.5 Å². The highest BCUT2D eigenvalue weighted by atomic mass is 35.5. The van der Waals surface area contributed by atoms with E-state index in [0.717, 1.165) is 13.1 Å². The molecule has 3 nitrogen and oxygen atoms in total. The minimum Gasteiger partial charge on any atom is -0.368 e. The number of amides is 1. The zero-order valence-electron chi connectivity index (χ0n) is 12.9. The molecule has 2 aromatic rings. The molecule has 0 aromatic heterocycles. The van der Waals surface area contributed by atoms with Gasteiger partial charge in [0.2, 0.25) is 0 Å². The maximum Gasteiger partial charge on any atom is 0.255 e. The third-order valence-corrected chi connectivity index (χ3v) is 4.68. The van der Waals surface area contributed by atoms with Crippen molar-refractivity contribution in [3.05, 3.63) is 63.6 Å². The standard InChI is InChI=1S/C18H18Cl2N2O/c1-13-2-5-15(6-3-13)21-8-10-22(11-9-21)18(23)16-7-4-14(19)12-17(16)20/h2-7,12H,8-11H2,1H3. The molecular weight excluding hydrogens is 331 g/mol. The molecule has 5 heteroatoms. The maximum absolute atomic E-state index is 12.6. The predicted molar refractivity (Wildman–Crippen MR) is 95.8 cm³/mol. The summed E-state index contributed by atoms with van der Waals surface area (Å²) in [6.07, 6.45) is 0. The number of piperazine rings is 1. The Kier molecular flexibility index (Phi) is 4.79. The average molecular weight is 349 g/mol. The number of anilines is 1. The SMILES string of the molecule is Cc1ccc(N2CCN(C(=O)c3ccc(Cl)cc3Cl)CC2)cc1. The van der Waals surface area contributed by atoms with E-state index in [1.54, 1.807) is 18.2 Å². The molecule has 3 rings (SSSR count). The Hall–Kier alpha value is -1.71. The van der Waals surface area contributed by atoms with Crippen molar-refractivity contribution < 1.29 is 4.79 Å². The lowest BCUT2D eigenvalue weighted by atomic mass is 10.1. The molecule has 0 atom stereocenters. The van der Waals surface area contributed by atoms with Gasteiger partial charge in [0.15, 0.2) is 0 Å². The van der Waals surface area contributed by atoms with Crippen molar-refractivity contribution in [3.8, 4) is 0 Å². The molecule has 1 fully saturated rings. The number of rotatable bonds is 2. The van der Waals surface area contributed by atoms with Gasteiger partial charge in [0, 0.05) is 36.9 Å². The number of hydrogen-bond donors (Lipinski definition) is 0. The summed E-state index contributed by atoms with van der Waals surface area (Å²) in [7, 11) is 0. The molecule has 0 unspecified atom stereocenters. The van der Waals surface area contributed by atoms with Crippen LogP contribution in [0.3, 0.4) is 0 Å². The number of benzene rings is 2. The van der Waals surface area contributed by atoms with Crippen molar-refractivity contribution in [2.45, 2.75) is 6.92 Å². The summed E-state index contributed by atoms with van der Waals surface area (Å²) in [5, 5.41) is 0.944. The van der Waals surface area contributed by atoms with Crippen molar-refractivity contribution in [2.24, 2.45) is 0 Å². The number of nitrogens with zero attached hydrogens (tertiary/aromatic N) is 2. The van der Waals surface area contributed by atoms with Crippen LogP contribution in [-0.2, 0) is 0 Å². The average Bonchev–Trinajstić information content (AvgIpc) is 2.55. The fourth-order valence-corrected chi connectivity index (χ4v) is 3.25. The molecule has 1 aliphatic heterocycles. The van der Waals surface area contributed by atoms with Crippen LogP contribution in [-0.4, -0.2) is 37.0 Å². The molecule has 0 aliphatic carbocycles. The highest BCUT2D eigenvalue weighted by molar-refractivity contribution is 6.36. The summed E-state index contributed by atoms with van der Waals surface area (Å²) in [6, 6.07) is 13.5. The second kappa shape index (κ2) is 6.81. The zero-order chi connectivity index (χ0) is 16.4. The van der Waals surface area contributed by atoms with Crippen LogP contribution >= 0.6 is 23.2 Å². The molecule has 0 spiro atoms. The number of aryl methyl sites for hydroxylation is 1. The first-order chi connectivity index (χ1) is 11.0. The van der Waals surface area contributed by atoms with E-state index < -0.39 is 0 Å². The molecule has 23 heavy (non-hydrogen) atoms. The van der Waals surface area contributed by atoms with Gasteiger partial charge in [0.25, 0.3) is 5.91 Å². The third kappa shape index (κ3) is 3.62. The van der Waals surface area contributed by atoms with Gasteiger partial charge < -0.3 is 9.80 Å². The van der Waals surface area contributed by atoms with E-state index in [4.69, 9.17) is 23.2 Å². The largest absolute Gasteiger partial charge is 0.368 e. The molecular formula is C18H18Cl2N2O. The van der Waals surface area contributed by atoms with E-state index in [1.165, 1.54) is 11.3 Å². The lowest BCUT2D eigenvalue weighted by Gasteiger charge is -2.36. The van der Waals surface area contributed by atoms with Crippen LogP contribution in [0.2, 0.25) is 10.0 Å². The highest BCUT2D eigenvalue weighted by Crippen LogP contribution is 2.23. The summed E-state index contributed by atoms with van der Waals surface area (Å²) in [4.78, 5) is 16.7. The van der Waals surface area contributed by atoms with Gasteiger partial charge in [-0.05, 0) is 37.3 Å². The van der Waals surface area contributed by atoms with Gasteiger partial charge in [-0.1, -0.05) is 40.9 Å². The monoisotopic (exact) mass is 348 g/mol. The Bertz CT molecular complexity index is 707. The minimum absolute atomic E-state index is 0.0322. The summed E-state index contributed by atoms with van der Waals surface area (Å²) < 4.78 is 0. The molecule has 1 heterocycles. The third-order valence-electron chi connectivity index (χ3n) is 4.13. The van der Waals surface area contributed by atoms with E-state index in [9.17, 15) is 4.79 Å². The zero-order valence-corrected chi connectivity index (χ0v) is 14.4. The lowest BCUT2D eigenvalue weighted by molar-refractivity contribution is 0.0747. The topological polar surface area (TPSA) is 23.6 Å². The van der Waals surface area contributed by atoms with Gasteiger partial charge >= 0.3 is 0 Å². The van der Waals surface area contributed by atoms with E-state index >= 15 is 0 Å². The fourth-order valence-electron chi connectivity index (χ4n) is 2.76. The maximum atomic E-state index is 12.6. The quantitative estimate of drug-likeness (QED) is 0.809. The molecule has 1 amide bonds. The first-order valence-electron chi connectivity index (χ1n) is 7.60. The minimum atomic E-state index is -0.0322. The van der Waals surface area contributed by atoms with Crippen molar-refractivity contribution in [1.29, 1.82) is 0 Å². The normalized spacial score (nSPS) is 14.9. The van der Waals surface area contributed by atoms with Gasteiger partial charge in [-0.3, -0.25) is 4.79 Å². The smallest absolute Gasteiger partial charge is 0.255 e. The Morgan fingerprint density at radius 1 is 0.957 bits per heavy atom. The summed E-state index contributed by atoms with van der Waals surface area (Å²) in [5.41, 5.74) is 2.96. The second-order valence-corrected chi connectivity index (χ2v) is 6.58. The molecule has 0 N–H and O–H groups in total. The van der Waals surface area contributed by atoms with Crippen molar-refractivity contribution >= 4 is 34.8 Å². The highest BCUT2D eigenvalue weighted by Gasteiger charge is 2.23. The number of carbonyl (C=O) groups excluding carboxylic acids is 1. The Labute approximate surface area is 146 Å². The van der Waals surface area contributed by atoms with Crippen LogP contribution in [0, 0.1) is 6.92 Å². The molecule has 0 bridgehead atoms. The van der Waals surface area contributed by atoms with Gasteiger partial charge in [-0.15, -0.1) is 0 Å². The van der Waals surface area contributed by atoms with E-state index in [0.29, 0.717) is 28.7 Å². The van der Waals surface area contributed by atoms with Crippen molar-refractivity contribution in [1.82, 2.24) is 4.90 Å². The summed E-state index contributed by atoms with van der Waals surface area (Å²) >= 11 is 12.0. The lowest BCUT2D eigenvalue weighted by Crippen LogP contribution is -2.48. The summed E-state index contributed by atoms with van der Waals surface area (Å²) in [6.45, 7) is 5.09. The Balaban J connectivity index is 1.66. The van der Waals surface area contributed by atoms with E-state index in [1.807, 2.05) is 4.90 Å². The van der Waals surface area contributed by atoms with Crippen molar-refractivity contribution in [2.75, 3.05) is 31.1 Å². The Morgan fingerprint density at radius 3 is 2.22 bits per heavy atom. The molecule has 2 aromatic carbocycles. The molecule has 1 saturated heterocycles. The van der Waals surface area contributed by atoms with E-state index in [2.05, 4.69) is 36.1 Å². The van der Waals surface area contributed by atoms with E-state index in [-0.39, 0.29) is 5.91 Å². The molecule has 1 aliphatic rings. The molecule has 120 valence electrons. The second-order valence-electron chi connectivity index (χ2n) is 5.74. The van der Waals surface area contributed by atoms with Gasteiger partial charge in [0.1, 0.15) is 0 Å². The van der Waals surface area contributed by atoms with Crippen LogP contribution in [0.5, 0.6) is 0 Å². The summed E-state index contributed by atoms with van der Waals surface area (Å²) in [5.74, 6) is -0.0322. The molecule has 0 saturated carbocycles. The first kappa shape index (κ1) is 16.2. The predicted octanol–water partition coefficient (Wildman–Crippen LogP) is 4.26. The molecule has 0 radical (unpaired) electrons. The van der Waals surface area contributed by atoms with Crippen LogP contribution in [0.25, 0.3) is 0 Å². The van der Waals surface area contributed by atoms with Gasteiger partial charge in [-0.2, -0.15) is 0 Å². The van der Waals surface area contributed by atoms with Crippen LogP contribution in [0.1, 0.15) is 15.9 Å². The van der Waals surface area contributed by atoms with Gasteiger partial charge in [0.05, 0.1) is 10.6 Å². The van der Waals surface area contributed by atoms with Crippen LogP contribution < -0.4 is 4.90 Å². The first-order valence-corrected chi connectivity index (χ1v) is 8.36. The fraction of sp³-hybridized carbons (Fsp3) is 0.278. The van der Waals surface area contributed by atoms with Crippen LogP contribution in [0.4, 0.5) is 5.69 Å². The number of hydrogen-bond acceptors (Lipinski definition) is 2. The Morgan fingerprint density at radius 2 is 1.61 bits per heavy atom. The van der Waals surface area contributed by atoms with Crippen molar-refractivity contribution in [3.63, 3.8) is 0 Å².